The lowest BCUT2D eigenvalue weighted by atomic mass is 10.3. The second kappa shape index (κ2) is 3.90. The van der Waals surface area contributed by atoms with Crippen LogP contribution in [0, 0.1) is 6.92 Å². The van der Waals surface area contributed by atoms with Crippen LogP contribution in [0.5, 0.6) is 0 Å². The fraction of sp³-hybridized carbons (Fsp3) is 0.0909. The van der Waals surface area contributed by atoms with Crippen LogP contribution in [-0.2, 0) is 0 Å². The summed E-state index contributed by atoms with van der Waals surface area (Å²) >= 11 is 4.07. The van der Waals surface area contributed by atoms with Crippen molar-refractivity contribution in [2.45, 2.75) is 11.8 Å². The molecule has 0 saturated carbocycles. The van der Waals surface area contributed by atoms with Gasteiger partial charge in [0.25, 0.3) is 5.56 Å². The van der Waals surface area contributed by atoms with Gasteiger partial charge in [0.1, 0.15) is 5.82 Å². The number of hydrogen-bond acceptors (Lipinski definition) is 3. The van der Waals surface area contributed by atoms with Gasteiger partial charge in [0, 0.05) is 6.20 Å². The predicted octanol–water partition coefficient (Wildman–Crippen LogP) is 1.83. The Bertz CT molecular complexity index is 534. The second-order valence-electron chi connectivity index (χ2n) is 3.17. The maximum absolute atomic E-state index is 11.8. The molecule has 0 aliphatic heterocycles. The van der Waals surface area contributed by atoms with Gasteiger partial charge < -0.3 is 0 Å². The summed E-state index contributed by atoms with van der Waals surface area (Å²) in [7, 11) is 0. The average molecular weight is 218 g/mol. The van der Waals surface area contributed by atoms with E-state index in [1.807, 2.05) is 30.3 Å². The molecular weight excluding hydrogens is 208 g/mol. The fourth-order valence-corrected chi connectivity index (χ4v) is 1.57. The highest BCUT2D eigenvalue weighted by Crippen LogP contribution is 2.07. The highest BCUT2D eigenvalue weighted by molar-refractivity contribution is 7.80. The number of hydrogen-bond donors (Lipinski definition) is 1. The number of nitrogens with zero attached hydrogens (tertiary/aromatic N) is 2. The number of rotatable bonds is 1. The van der Waals surface area contributed by atoms with Crippen molar-refractivity contribution in [3.8, 4) is 5.69 Å². The van der Waals surface area contributed by atoms with Gasteiger partial charge in [-0.2, -0.15) is 0 Å². The van der Waals surface area contributed by atoms with Crippen LogP contribution in [0.4, 0.5) is 0 Å². The van der Waals surface area contributed by atoms with E-state index in [0.29, 0.717) is 10.7 Å². The Morgan fingerprint density at radius 2 is 1.93 bits per heavy atom. The minimum absolute atomic E-state index is 0.142. The lowest BCUT2D eigenvalue weighted by molar-refractivity contribution is 0.836. The molecule has 0 unspecified atom stereocenters. The summed E-state index contributed by atoms with van der Waals surface area (Å²) in [6.07, 6.45) is 1.47. The Labute approximate surface area is 92.8 Å². The number of aromatic nitrogens is 2. The van der Waals surface area contributed by atoms with Crippen molar-refractivity contribution in [3.63, 3.8) is 0 Å². The SMILES string of the molecule is Cc1ncc(S)c(=O)n1-c1ccccc1. The highest BCUT2D eigenvalue weighted by atomic mass is 32.1. The van der Waals surface area contributed by atoms with Gasteiger partial charge in [0.2, 0.25) is 0 Å². The van der Waals surface area contributed by atoms with Gasteiger partial charge in [-0.25, -0.2) is 4.98 Å². The molecule has 76 valence electrons. The smallest absolute Gasteiger partial charge is 0.268 e. The Kier molecular flexibility index (Phi) is 2.60. The molecule has 2 rings (SSSR count). The molecule has 2 aromatic rings. The minimum Gasteiger partial charge on any atom is -0.268 e. The molecule has 0 atom stereocenters. The molecular formula is C11H10N2OS. The zero-order valence-electron chi connectivity index (χ0n) is 8.21. The third-order valence-electron chi connectivity index (χ3n) is 2.13. The van der Waals surface area contributed by atoms with Gasteiger partial charge in [-0.3, -0.25) is 9.36 Å². The maximum atomic E-state index is 11.8. The maximum Gasteiger partial charge on any atom is 0.271 e. The lowest BCUT2D eigenvalue weighted by Crippen LogP contribution is -2.22. The van der Waals surface area contributed by atoms with Crippen molar-refractivity contribution in [2.24, 2.45) is 0 Å². The van der Waals surface area contributed by atoms with Crippen molar-refractivity contribution in [1.29, 1.82) is 0 Å². The fourth-order valence-electron chi connectivity index (χ4n) is 1.41. The normalized spacial score (nSPS) is 10.3. The van der Waals surface area contributed by atoms with Crippen LogP contribution >= 0.6 is 12.6 Å². The largest absolute Gasteiger partial charge is 0.271 e. The van der Waals surface area contributed by atoms with E-state index in [2.05, 4.69) is 17.6 Å². The third-order valence-corrected chi connectivity index (χ3v) is 2.44. The number of thiol groups is 1. The average Bonchev–Trinajstić information content (AvgIpc) is 2.26. The minimum atomic E-state index is -0.142. The predicted molar refractivity (Wildman–Crippen MR) is 61.8 cm³/mol. The Hall–Kier alpha value is -1.55. The van der Waals surface area contributed by atoms with Crippen LogP contribution in [0.1, 0.15) is 5.82 Å². The standard InChI is InChI=1S/C11H10N2OS/c1-8-12-7-10(15)11(14)13(8)9-5-3-2-4-6-9/h2-7,15H,1H3. The van der Waals surface area contributed by atoms with E-state index in [0.717, 1.165) is 5.69 Å². The van der Waals surface area contributed by atoms with Crippen molar-refractivity contribution in [3.05, 3.63) is 52.7 Å². The molecule has 0 bridgehead atoms. The molecule has 1 aromatic heterocycles. The summed E-state index contributed by atoms with van der Waals surface area (Å²) in [6, 6.07) is 9.40. The van der Waals surface area contributed by atoms with Gasteiger partial charge in [0.05, 0.1) is 10.6 Å². The van der Waals surface area contributed by atoms with Crippen LogP contribution in [0.3, 0.4) is 0 Å². The molecule has 0 aliphatic rings. The number of aryl methyl sites for hydroxylation is 1. The first kappa shape index (κ1) is 9.98. The molecule has 0 amide bonds. The van der Waals surface area contributed by atoms with E-state index < -0.39 is 0 Å². The summed E-state index contributed by atoms with van der Waals surface area (Å²) in [6.45, 7) is 1.79. The van der Waals surface area contributed by atoms with Crippen molar-refractivity contribution in [2.75, 3.05) is 0 Å². The number of benzene rings is 1. The second-order valence-corrected chi connectivity index (χ2v) is 3.65. The van der Waals surface area contributed by atoms with Gasteiger partial charge in [-0.15, -0.1) is 12.6 Å². The summed E-state index contributed by atoms with van der Waals surface area (Å²) in [5.41, 5.74) is 0.667. The molecule has 15 heavy (non-hydrogen) atoms. The molecule has 0 radical (unpaired) electrons. The van der Waals surface area contributed by atoms with Gasteiger partial charge in [-0.05, 0) is 19.1 Å². The van der Waals surface area contributed by atoms with Gasteiger partial charge in [0.15, 0.2) is 0 Å². The topological polar surface area (TPSA) is 34.9 Å². The zero-order valence-corrected chi connectivity index (χ0v) is 9.11. The zero-order chi connectivity index (χ0) is 10.8. The summed E-state index contributed by atoms with van der Waals surface area (Å²) in [4.78, 5) is 16.3. The van der Waals surface area contributed by atoms with Gasteiger partial charge >= 0.3 is 0 Å². The molecule has 4 heteroatoms. The Morgan fingerprint density at radius 3 is 2.60 bits per heavy atom. The van der Waals surface area contributed by atoms with Crippen LogP contribution in [-0.4, -0.2) is 9.55 Å². The number of para-hydroxylation sites is 1. The summed E-state index contributed by atoms with van der Waals surface area (Å²) in [5, 5.41) is 0. The molecule has 0 N–H and O–H groups in total. The van der Waals surface area contributed by atoms with Crippen LogP contribution < -0.4 is 5.56 Å². The quantitative estimate of drug-likeness (QED) is 0.741. The first-order valence-electron chi connectivity index (χ1n) is 4.53. The Balaban J connectivity index is 2.73. The van der Waals surface area contributed by atoms with E-state index in [9.17, 15) is 4.79 Å². The van der Waals surface area contributed by atoms with Crippen molar-refractivity contribution in [1.82, 2.24) is 9.55 Å². The molecule has 0 spiro atoms. The van der Waals surface area contributed by atoms with Crippen molar-refractivity contribution >= 4 is 12.6 Å². The first-order chi connectivity index (χ1) is 7.20. The van der Waals surface area contributed by atoms with Gasteiger partial charge in [-0.1, -0.05) is 18.2 Å². The monoisotopic (exact) mass is 218 g/mol. The van der Waals surface area contributed by atoms with E-state index >= 15 is 0 Å². The van der Waals surface area contributed by atoms with E-state index in [1.54, 1.807) is 11.5 Å². The van der Waals surface area contributed by atoms with Crippen molar-refractivity contribution < 1.29 is 0 Å². The van der Waals surface area contributed by atoms with E-state index in [4.69, 9.17) is 0 Å². The molecule has 1 heterocycles. The molecule has 1 aromatic carbocycles. The van der Waals surface area contributed by atoms with Crippen LogP contribution in [0.15, 0.2) is 46.2 Å². The van der Waals surface area contributed by atoms with Crippen LogP contribution in [0.25, 0.3) is 5.69 Å². The van der Waals surface area contributed by atoms with E-state index in [1.165, 1.54) is 6.20 Å². The molecule has 0 aliphatic carbocycles. The highest BCUT2D eigenvalue weighted by Gasteiger charge is 2.05. The lowest BCUT2D eigenvalue weighted by Gasteiger charge is -2.08. The first-order valence-corrected chi connectivity index (χ1v) is 4.98. The third kappa shape index (κ3) is 1.80. The molecule has 0 saturated heterocycles. The molecule has 0 fully saturated rings. The van der Waals surface area contributed by atoms with Crippen LogP contribution in [0.2, 0.25) is 0 Å². The van der Waals surface area contributed by atoms with E-state index in [-0.39, 0.29) is 5.56 Å². The molecule has 3 nitrogen and oxygen atoms in total. The summed E-state index contributed by atoms with van der Waals surface area (Å²) < 4.78 is 1.54. The Morgan fingerprint density at radius 1 is 1.27 bits per heavy atom. The summed E-state index contributed by atoms with van der Waals surface area (Å²) in [5.74, 6) is 0.656.